The first-order chi connectivity index (χ1) is 11.6. The van der Waals surface area contributed by atoms with Gasteiger partial charge in [0.15, 0.2) is 0 Å². The number of aryl methyl sites for hydroxylation is 1. The van der Waals surface area contributed by atoms with Crippen LogP contribution in [0.4, 0.5) is 4.39 Å². The summed E-state index contributed by atoms with van der Waals surface area (Å²) in [4.78, 5) is 12.4. The molecule has 0 saturated heterocycles. The largest absolute Gasteiger partial charge is 0.497 e. The van der Waals surface area contributed by atoms with E-state index in [1.807, 2.05) is 24.3 Å². The zero-order chi connectivity index (χ0) is 17.1. The number of methoxy groups -OCH3 is 1. The number of carbonyl (C=O) groups is 1. The number of amides is 1. The molecule has 0 aliphatic heterocycles. The van der Waals surface area contributed by atoms with Gasteiger partial charge in [-0.25, -0.2) is 4.39 Å². The molecule has 1 heterocycles. The molecule has 3 aromatic rings. The molecule has 4 nitrogen and oxygen atoms in total. The Hall–Kier alpha value is -2.82. The lowest BCUT2D eigenvalue weighted by atomic mass is 10.1. The van der Waals surface area contributed by atoms with Crippen LogP contribution in [0.2, 0.25) is 0 Å². The Labute approximate surface area is 139 Å². The van der Waals surface area contributed by atoms with Gasteiger partial charge in [-0.2, -0.15) is 0 Å². The third kappa shape index (κ3) is 3.25. The van der Waals surface area contributed by atoms with E-state index in [0.29, 0.717) is 24.2 Å². The van der Waals surface area contributed by atoms with Gasteiger partial charge in [0.05, 0.1) is 12.6 Å². The summed E-state index contributed by atoms with van der Waals surface area (Å²) < 4.78 is 20.3. The third-order valence-corrected chi connectivity index (χ3v) is 4.07. The summed E-state index contributed by atoms with van der Waals surface area (Å²) in [7, 11) is 3.39. The number of aromatic nitrogens is 1. The fraction of sp³-hybridized carbons (Fsp3) is 0.211. The quantitative estimate of drug-likeness (QED) is 0.782. The predicted molar refractivity (Wildman–Crippen MR) is 91.9 cm³/mol. The average molecular weight is 326 g/mol. The van der Waals surface area contributed by atoms with E-state index in [1.165, 1.54) is 12.1 Å². The van der Waals surface area contributed by atoms with Gasteiger partial charge in [0.25, 0.3) is 5.91 Å². The molecule has 124 valence electrons. The Bertz CT molecular complexity index is 886. The molecular formula is C19H19FN2O2. The first-order valence-electron chi connectivity index (χ1n) is 7.74. The topological polar surface area (TPSA) is 43.3 Å². The third-order valence-electron chi connectivity index (χ3n) is 4.07. The summed E-state index contributed by atoms with van der Waals surface area (Å²) in [5.74, 6) is 0.320. The van der Waals surface area contributed by atoms with Crippen molar-refractivity contribution in [3.8, 4) is 5.75 Å². The monoisotopic (exact) mass is 326 g/mol. The molecule has 1 amide bonds. The van der Waals surface area contributed by atoms with Gasteiger partial charge in [0.1, 0.15) is 17.3 Å². The molecule has 5 heteroatoms. The van der Waals surface area contributed by atoms with Crippen LogP contribution in [-0.4, -0.2) is 24.1 Å². The molecule has 0 atom stereocenters. The SMILES string of the molecule is COc1cccc(CCNC(=O)c2cc3ccc(F)cc3n2C)c1. The number of halogens is 1. The molecule has 0 fully saturated rings. The van der Waals surface area contributed by atoms with E-state index < -0.39 is 0 Å². The molecule has 0 unspecified atom stereocenters. The van der Waals surface area contributed by atoms with Gasteiger partial charge in [-0.05, 0) is 48.4 Å². The molecule has 1 N–H and O–H groups in total. The van der Waals surface area contributed by atoms with E-state index >= 15 is 0 Å². The summed E-state index contributed by atoms with van der Waals surface area (Å²) >= 11 is 0. The van der Waals surface area contributed by atoms with Crippen LogP contribution in [0.25, 0.3) is 10.9 Å². The van der Waals surface area contributed by atoms with Gasteiger partial charge in [0.2, 0.25) is 0 Å². The Balaban J connectivity index is 1.68. The zero-order valence-corrected chi connectivity index (χ0v) is 13.7. The lowest BCUT2D eigenvalue weighted by Crippen LogP contribution is -2.27. The van der Waals surface area contributed by atoms with Crippen molar-refractivity contribution in [2.75, 3.05) is 13.7 Å². The van der Waals surface area contributed by atoms with Crippen molar-refractivity contribution in [3.63, 3.8) is 0 Å². The summed E-state index contributed by atoms with van der Waals surface area (Å²) in [6.45, 7) is 0.516. The van der Waals surface area contributed by atoms with Gasteiger partial charge in [-0.3, -0.25) is 4.79 Å². The van der Waals surface area contributed by atoms with Crippen LogP contribution in [0.15, 0.2) is 48.5 Å². The van der Waals surface area contributed by atoms with E-state index in [9.17, 15) is 9.18 Å². The number of carbonyl (C=O) groups excluding carboxylic acids is 1. The summed E-state index contributed by atoms with van der Waals surface area (Å²) in [6, 6.07) is 14.0. The van der Waals surface area contributed by atoms with Gasteiger partial charge in [-0.1, -0.05) is 12.1 Å². The highest BCUT2D eigenvalue weighted by Crippen LogP contribution is 2.20. The first-order valence-corrected chi connectivity index (χ1v) is 7.74. The van der Waals surface area contributed by atoms with E-state index in [-0.39, 0.29) is 11.7 Å². The van der Waals surface area contributed by atoms with Crippen LogP contribution < -0.4 is 10.1 Å². The lowest BCUT2D eigenvalue weighted by molar-refractivity contribution is 0.0946. The summed E-state index contributed by atoms with van der Waals surface area (Å²) in [5.41, 5.74) is 2.31. The van der Waals surface area contributed by atoms with Crippen molar-refractivity contribution in [1.29, 1.82) is 0 Å². The molecule has 3 rings (SSSR count). The Morgan fingerprint density at radius 2 is 2.04 bits per heavy atom. The molecule has 0 radical (unpaired) electrons. The average Bonchev–Trinajstić information content (AvgIpc) is 2.91. The smallest absolute Gasteiger partial charge is 0.267 e. The highest BCUT2D eigenvalue weighted by atomic mass is 19.1. The van der Waals surface area contributed by atoms with Gasteiger partial charge in [-0.15, -0.1) is 0 Å². The van der Waals surface area contributed by atoms with Gasteiger partial charge < -0.3 is 14.6 Å². The minimum absolute atomic E-state index is 0.169. The molecule has 0 aliphatic rings. The van der Waals surface area contributed by atoms with E-state index in [0.717, 1.165) is 16.7 Å². The summed E-state index contributed by atoms with van der Waals surface area (Å²) in [6.07, 6.45) is 0.710. The van der Waals surface area contributed by atoms with E-state index in [1.54, 1.807) is 30.9 Å². The van der Waals surface area contributed by atoms with Crippen molar-refractivity contribution in [2.45, 2.75) is 6.42 Å². The van der Waals surface area contributed by atoms with E-state index in [4.69, 9.17) is 4.74 Å². The van der Waals surface area contributed by atoms with Gasteiger partial charge in [0, 0.05) is 19.0 Å². The zero-order valence-electron chi connectivity index (χ0n) is 13.7. The van der Waals surface area contributed by atoms with Crippen molar-refractivity contribution >= 4 is 16.8 Å². The maximum Gasteiger partial charge on any atom is 0.267 e. The van der Waals surface area contributed by atoms with Crippen LogP contribution in [-0.2, 0) is 13.5 Å². The molecule has 24 heavy (non-hydrogen) atoms. The molecule has 0 spiro atoms. The number of rotatable bonds is 5. The first kappa shape index (κ1) is 16.1. The second-order valence-corrected chi connectivity index (χ2v) is 5.65. The maximum absolute atomic E-state index is 13.4. The van der Waals surface area contributed by atoms with Crippen LogP contribution in [0.1, 0.15) is 16.1 Å². The van der Waals surface area contributed by atoms with Crippen LogP contribution in [0.5, 0.6) is 5.75 Å². The summed E-state index contributed by atoms with van der Waals surface area (Å²) in [5, 5.41) is 3.75. The molecule has 0 bridgehead atoms. The molecule has 2 aromatic carbocycles. The number of nitrogens with zero attached hydrogens (tertiary/aromatic N) is 1. The van der Waals surface area contributed by atoms with Crippen LogP contribution >= 0.6 is 0 Å². The van der Waals surface area contributed by atoms with Crippen molar-refractivity contribution < 1.29 is 13.9 Å². The molecule has 0 saturated carbocycles. The predicted octanol–water partition coefficient (Wildman–Crippen LogP) is 3.30. The van der Waals surface area contributed by atoms with E-state index in [2.05, 4.69) is 5.32 Å². The minimum atomic E-state index is -0.311. The molecule has 1 aromatic heterocycles. The number of fused-ring (bicyclic) bond motifs is 1. The minimum Gasteiger partial charge on any atom is -0.497 e. The van der Waals surface area contributed by atoms with Crippen LogP contribution in [0.3, 0.4) is 0 Å². The van der Waals surface area contributed by atoms with Gasteiger partial charge >= 0.3 is 0 Å². The number of hydrogen-bond acceptors (Lipinski definition) is 2. The number of ether oxygens (including phenoxy) is 1. The van der Waals surface area contributed by atoms with Crippen molar-refractivity contribution in [2.24, 2.45) is 7.05 Å². The maximum atomic E-state index is 13.4. The van der Waals surface area contributed by atoms with Crippen molar-refractivity contribution in [3.05, 3.63) is 65.6 Å². The Kier molecular flexibility index (Phi) is 4.51. The Morgan fingerprint density at radius 1 is 1.21 bits per heavy atom. The fourth-order valence-electron chi connectivity index (χ4n) is 2.76. The fourth-order valence-corrected chi connectivity index (χ4v) is 2.76. The second kappa shape index (κ2) is 6.74. The van der Waals surface area contributed by atoms with Crippen LogP contribution in [0, 0.1) is 5.82 Å². The highest BCUT2D eigenvalue weighted by Gasteiger charge is 2.13. The lowest BCUT2D eigenvalue weighted by Gasteiger charge is -2.08. The second-order valence-electron chi connectivity index (χ2n) is 5.65. The molecular weight excluding hydrogens is 307 g/mol. The standard InChI is InChI=1S/C19H19FN2O2/c1-22-17-12-15(20)7-6-14(17)11-18(22)19(23)21-9-8-13-4-3-5-16(10-13)24-2/h3-7,10-12H,8-9H2,1-2H3,(H,21,23). The Morgan fingerprint density at radius 3 is 2.83 bits per heavy atom. The normalized spacial score (nSPS) is 10.8. The molecule has 0 aliphatic carbocycles. The number of nitrogens with one attached hydrogen (secondary N) is 1. The number of benzene rings is 2. The highest BCUT2D eigenvalue weighted by molar-refractivity contribution is 5.98. The number of hydrogen-bond donors (Lipinski definition) is 1. The van der Waals surface area contributed by atoms with Crippen molar-refractivity contribution in [1.82, 2.24) is 9.88 Å².